The zero-order chi connectivity index (χ0) is 17.8. The fraction of sp³-hybridized carbons (Fsp3) is 0. The van der Waals surface area contributed by atoms with Crippen LogP contribution in [-0.4, -0.2) is 4.98 Å². The standard InChI is InChI=1S/C24H16N2/c25-17-18-1-3-19(4-2-18)20-5-7-21(8-6-20)22-9-11-23(12-10-22)24-13-15-26-16-14-24/h1-16H. The minimum atomic E-state index is 0.680. The van der Waals surface area contributed by atoms with E-state index in [1.54, 1.807) is 0 Å². The number of hydrogen-bond acceptors (Lipinski definition) is 2. The number of nitrogens with zero attached hydrogens (tertiary/aromatic N) is 2. The first-order valence-electron chi connectivity index (χ1n) is 8.45. The summed E-state index contributed by atoms with van der Waals surface area (Å²) in [7, 11) is 0. The van der Waals surface area contributed by atoms with Crippen molar-refractivity contribution >= 4 is 0 Å². The van der Waals surface area contributed by atoms with Crippen molar-refractivity contribution in [2.24, 2.45) is 0 Å². The molecule has 0 saturated heterocycles. The number of hydrogen-bond donors (Lipinski definition) is 0. The second-order valence-electron chi connectivity index (χ2n) is 6.08. The number of rotatable bonds is 3. The predicted molar refractivity (Wildman–Crippen MR) is 105 cm³/mol. The third-order valence-corrected chi connectivity index (χ3v) is 4.46. The normalized spacial score (nSPS) is 10.3. The highest BCUT2D eigenvalue weighted by atomic mass is 14.6. The van der Waals surface area contributed by atoms with Gasteiger partial charge in [-0.05, 0) is 57.6 Å². The molecule has 0 N–H and O–H groups in total. The van der Waals surface area contributed by atoms with E-state index in [1.165, 1.54) is 22.3 Å². The summed E-state index contributed by atoms with van der Waals surface area (Å²) in [5.74, 6) is 0. The van der Waals surface area contributed by atoms with E-state index in [0.717, 1.165) is 11.1 Å². The number of aromatic nitrogens is 1. The number of benzene rings is 3. The van der Waals surface area contributed by atoms with Crippen LogP contribution in [0.4, 0.5) is 0 Å². The van der Waals surface area contributed by atoms with Crippen LogP contribution in [0.2, 0.25) is 0 Å². The summed E-state index contributed by atoms with van der Waals surface area (Å²) < 4.78 is 0. The molecule has 26 heavy (non-hydrogen) atoms. The highest BCUT2D eigenvalue weighted by Gasteiger charge is 2.02. The average molecular weight is 332 g/mol. The molecule has 4 aromatic rings. The van der Waals surface area contributed by atoms with Gasteiger partial charge in [0.2, 0.25) is 0 Å². The molecule has 0 radical (unpaired) electrons. The van der Waals surface area contributed by atoms with E-state index in [-0.39, 0.29) is 0 Å². The van der Waals surface area contributed by atoms with Crippen LogP contribution in [0.25, 0.3) is 33.4 Å². The van der Waals surface area contributed by atoms with Crippen molar-refractivity contribution in [2.45, 2.75) is 0 Å². The Balaban J connectivity index is 1.57. The van der Waals surface area contributed by atoms with E-state index in [9.17, 15) is 0 Å². The first-order chi connectivity index (χ1) is 12.8. The molecule has 4 rings (SSSR count). The summed E-state index contributed by atoms with van der Waals surface area (Å²) >= 11 is 0. The van der Waals surface area contributed by atoms with E-state index < -0.39 is 0 Å². The van der Waals surface area contributed by atoms with Crippen molar-refractivity contribution in [1.82, 2.24) is 4.98 Å². The molecule has 0 atom stereocenters. The quantitative estimate of drug-likeness (QED) is 0.464. The van der Waals surface area contributed by atoms with Crippen LogP contribution in [-0.2, 0) is 0 Å². The fourth-order valence-electron chi connectivity index (χ4n) is 2.99. The van der Waals surface area contributed by atoms with Crippen LogP contribution in [0, 0.1) is 11.3 Å². The van der Waals surface area contributed by atoms with E-state index in [1.807, 2.05) is 48.8 Å². The van der Waals surface area contributed by atoms with Gasteiger partial charge in [0.25, 0.3) is 0 Å². The Morgan fingerprint density at radius 3 is 1.12 bits per heavy atom. The van der Waals surface area contributed by atoms with Crippen LogP contribution in [0.1, 0.15) is 5.56 Å². The van der Waals surface area contributed by atoms with Crippen molar-refractivity contribution in [3.05, 3.63) is 103 Å². The highest BCUT2D eigenvalue weighted by molar-refractivity contribution is 5.73. The van der Waals surface area contributed by atoms with Gasteiger partial charge in [-0.2, -0.15) is 5.26 Å². The third-order valence-electron chi connectivity index (χ3n) is 4.46. The van der Waals surface area contributed by atoms with Crippen molar-refractivity contribution in [1.29, 1.82) is 5.26 Å². The van der Waals surface area contributed by atoms with Gasteiger partial charge in [-0.1, -0.05) is 60.7 Å². The summed E-state index contributed by atoms with van der Waals surface area (Å²) in [6.07, 6.45) is 3.62. The minimum absolute atomic E-state index is 0.680. The molecular formula is C24H16N2. The summed E-state index contributed by atoms with van der Waals surface area (Å²) in [6, 6.07) is 30.9. The van der Waals surface area contributed by atoms with Crippen LogP contribution < -0.4 is 0 Å². The van der Waals surface area contributed by atoms with Crippen LogP contribution >= 0.6 is 0 Å². The smallest absolute Gasteiger partial charge is 0.0991 e. The Morgan fingerprint density at radius 1 is 0.462 bits per heavy atom. The largest absolute Gasteiger partial charge is 0.265 e. The van der Waals surface area contributed by atoms with Gasteiger partial charge in [0.1, 0.15) is 0 Å². The van der Waals surface area contributed by atoms with Gasteiger partial charge in [0.15, 0.2) is 0 Å². The lowest BCUT2D eigenvalue weighted by molar-refractivity contribution is 1.33. The molecule has 0 unspecified atom stereocenters. The molecule has 2 heteroatoms. The molecule has 0 saturated carbocycles. The summed E-state index contributed by atoms with van der Waals surface area (Å²) in [6.45, 7) is 0. The minimum Gasteiger partial charge on any atom is -0.265 e. The topological polar surface area (TPSA) is 36.7 Å². The van der Waals surface area contributed by atoms with Crippen molar-refractivity contribution in [2.75, 3.05) is 0 Å². The molecule has 3 aromatic carbocycles. The van der Waals surface area contributed by atoms with Gasteiger partial charge < -0.3 is 0 Å². The monoisotopic (exact) mass is 332 g/mol. The molecule has 122 valence electrons. The Morgan fingerprint density at radius 2 is 0.769 bits per heavy atom. The SMILES string of the molecule is N#Cc1ccc(-c2ccc(-c3ccc(-c4ccncc4)cc3)cc2)cc1. The lowest BCUT2D eigenvalue weighted by atomic mass is 9.98. The van der Waals surface area contributed by atoms with Gasteiger partial charge in [0, 0.05) is 12.4 Å². The van der Waals surface area contributed by atoms with Crippen molar-refractivity contribution in [3.63, 3.8) is 0 Å². The zero-order valence-electron chi connectivity index (χ0n) is 14.1. The molecule has 0 aliphatic rings. The number of pyridine rings is 1. The fourth-order valence-corrected chi connectivity index (χ4v) is 2.99. The van der Waals surface area contributed by atoms with Gasteiger partial charge >= 0.3 is 0 Å². The van der Waals surface area contributed by atoms with E-state index in [2.05, 4.69) is 59.6 Å². The Hall–Kier alpha value is -3.70. The molecule has 2 nitrogen and oxygen atoms in total. The molecule has 0 amide bonds. The van der Waals surface area contributed by atoms with Crippen molar-refractivity contribution in [3.8, 4) is 39.4 Å². The van der Waals surface area contributed by atoms with Gasteiger partial charge in [-0.25, -0.2) is 0 Å². The summed E-state index contributed by atoms with van der Waals surface area (Å²) in [5.41, 5.74) is 7.67. The first kappa shape index (κ1) is 15.8. The second-order valence-corrected chi connectivity index (χ2v) is 6.08. The molecule has 0 aliphatic carbocycles. The van der Waals surface area contributed by atoms with Crippen molar-refractivity contribution < 1.29 is 0 Å². The van der Waals surface area contributed by atoms with Gasteiger partial charge in [-0.15, -0.1) is 0 Å². The Kier molecular flexibility index (Phi) is 4.28. The van der Waals surface area contributed by atoms with Crippen LogP contribution in [0.3, 0.4) is 0 Å². The molecule has 0 aliphatic heterocycles. The molecule has 0 bridgehead atoms. The second kappa shape index (κ2) is 7.04. The molecule has 1 aromatic heterocycles. The molecule has 0 fully saturated rings. The number of nitriles is 1. The third kappa shape index (κ3) is 3.24. The summed E-state index contributed by atoms with van der Waals surface area (Å²) in [4.78, 5) is 4.06. The average Bonchev–Trinajstić information content (AvgIpc) is 2.75. The Bertz CT molecular complexity index is 1040. The lowest BCUT2D eigenvalue weighted by Crippen LogP contribution is -1.82. The molecule has 0 spiro atoms. The zero-order valence-corrected chi connectivity index (χ0v) is 14.1. The van der Waals surface area contributed by atoms with Crippen LogP contribution in [0.15, 0.2) is 97.3 Å². The van der Waals surface area contributed by atoms with Gasteiger partial charge in [0.05, 0.1) is 11.6 Å². The maximum absolute atomic E-state index is 8.90. The maximum atomic E-state index is 8.90. The molecule has 1 heterocycles. The first-order valence-corrected chi connectivity index (χ1v) is 8.45. The Labute approximate surface area is 153 Å². The lowest BCUT2D eigenvalue weighted by Gasteiger charge is -2.07. The van der Waals surface area contributed by atoms with E-state index in [0.29, 0.717) is 5.56 Å². The van der Waals surface area contributed by atoms with E-state index in [4.69, 9.17) is 5.26 Å². The summed E-state index contributed by atoms with van der Waals surface area (Å²) in [5, 5.41) is 8.90. The maximum Gasteiger partial charge on any atom is 0.0991 e. The molecular weight excluding hydrogens is 316 g/mol. The van der Waals surface area contributed by atoms with Gasteiger partial charge in [-0.3, -0.25) is 4.98 Å². The predicted octanol–water partition coefficient (Wildman–Crippen LogP) is 5.95. The highest BCUT2D eigenvalue weighted by Crippen LogP contribution is 2.27. The van der Waals surface area contributed by atoms with E-state index >= 15 is 0 Å². The van der Waals surface area contributed by atoms with Crippen LogP contribution in [0.5, 0.6) is 0 Å².